The third kappa shape index (κ3) is 3.23. The second kappa shape index (κ2) is 6.02. The molecule has 106 valence electrons. The van der Waals surface area contributed by atoms with Crippen molar-refractivity contribution in [2.75, 3.05) is 26.7 Å². The number of rotatable bonds is 6. The largest absolute Gasteiger partial charge is 0.480 e. The van der Waals surface area contributed by atoms with E-state index in [1.807, 2.05) is 0 Å². The maximum absolute atomic E-state index is 11.3. The Labute approximate surface area is 111 Å². The van der Waals surface area contributed by atoms with E-state index >= 15 is 0 Å². The van der Waals surface area contributed by atoms with Gasteiger partial charge in [0.25, 0.3) is 0 Å². The van der Waals surface area contributed by atoms with Crippen molar-refractivity contribution in [3.8, 4) is 0 Å². The molecule has 0 aliphatic carbocycles. The zero-order valence-corrected chi connectivity index (χ0v) is 12.3. The second-order valence-corrected chi connectivity index (χ2v) is 5.87. The molecule has 0 aromatic heterocycles. The molecule has 1 unspecified atom stereocenters. The Morgan fingerprint density at radius 3 is 2.17 bits per heavy atom. The molecule has 1 fully saturated rings. The number of carboxylic acids is 1. The molecule has 1 atom stereocenters. The lowest BCUT2D eigenvalue weighted by Gasteiger charge is -2.43. The van der Waals surface area contributed by atoms with Gasteiger partial charge in [-0.15, -0.1) is 0 Å². The molecule has 1 aliphatic heterocycles. The van der Waals surface area contributed by atoms with E-state index in [4.69, 9.17) is 0 Å². The van der Waals surface area contributed by atoms with Gasteiger partial charge in [0.15, 0.2) is 0 Å². The number of aliphatic carboxylic acids is 1. The summed E-state index contributed by atoms with van der Waals surface area (Å²) in [5.41, 5.74) is -0.339. The third-order valence-electron chi connectivity index (χ3n) is 4.98. The van der Waals surface area contributed by atoms with Gasteiger partial charge in [0.05, 0.1) is 0 Å². The first-order valence-electron chi connectivity index (χ1n) is 7.06. The van der Waals surface area contributed by atoms with Crippen LogP contribution in [0.4, 0.5) is 0 Å². The van der Waals surface area contributed by atoms with Crippen LogP contribution in [0.15, 0.2) is 0 Å². The number of carboxylic acid groups (broad SMARTS) is 1. The number of hydrogen-bond donors (Lipinski definition) is 2. The highest BCUT2D eigenvalue weighted by atomic mass is 16.4. The van der Waals surface area contributed by atoms with Gasteiger partial charge in [-0.2, -0.15) is 0 Å². The van der Waals surface area contributed by atoms with Gasteiger partial charge >= 0.3 is 5.97 Å². The molecule has 0 saturated carbocycles. The van der Waals surface area contributed by atoms with Crippen LogP contribution in [-0.4, -0.2) is 48.2 Å². The van der Waals surface area contributed by atoms with E-state index in [2.05, 4.69) is 24.1 Å². The minimum Gasteiger partial charge on any atom is -0.480 e. The van der Waals surface area contributed by atoms with Gasteiger partial charge in [-0.25, -0.2) is 0 Å². The highest BCUT2D eigenvalue weighted by Crippen LogP contribution is 2.38. The van der Waals surface area contributed by atoms with Crippen LogP contribution in [0.25, 0.3) is 0 Å². The lowest BCUT2D eigenvalue weighted by molar-refractivity contribution is -0.145. The van der Waals surface area contributed by atoms with Crippen molar-refractivity contribution in [2.45, 2.75) is 52.0 Å². The zero-order valence-electron chi connectivity index (χ0n) is 12.3. The molecular formula is C14H28N2O2. The molecule has 2 N–H and O–H groups in total. The summed E-state index contributed by atoms with van der Waals surface area (Å²) < 4.78 is 0. The Bertz CT molecular complexity index is 280. The van der Waals surface area contributed by atoms with Crippen molar-refractivity contribution in [1.29, 1.82) is 0 Å². The molecule has 1 saturated heterocycles. The Morgan fingerprint density at radius 1 is 1.33 bits per heavy atom. The summed E-state index contributed by atoms with van der Waals surface area (Å²) in [4.78, 5) is 13.6. The minimum atomic E-state index is -0.835. The first-order valence-corrected chi connectivity index (χ1v) is 7.06. The van der Waals surface area contributed by atoms with Gasteiger partial charge in [-0.1, -0.05) is 26.7 Å². The van der Waals surface area contributed by atoms with Crippen molar-refractivity contribution in [3.63, 3.8) is 0 Å². The summed E-state index contributed by atoms with van der Waals surface area (Å²) in [5.74, 6) is -0.771. The average molecular weight is 256 g/mol. The molecule has 4 heteroatoms. The first-order chi connectivity index (χ1) is 8.41. The quantitative estimate of drug-likeness (QED) is 0.762. The van der Waals surface area contributed by atoms with E-state index in [-0.39, 0.29) is 0 Å². The Morgan fingerprint density at radius 2 is 1.83 bits per heavy atom. The number of hydrogen-bond acceptors (Lipinski definition) is 3. The second-order valence-electron chi connectivity index (χ2n) is 5.87. The van der Waals surface area contributed by atoms with Crippen molar-refractivity contribution in [2.24, 2.45) is 5.41 Å². The van der Waals surface area contributed by atoms with E-state index in [1.54, 1.807) is 14.0 Å². The fourth-order valence-corrected chi connectivity index (χ4v) is 2.84. The molecule has 1 heterocycles. The molecule has 1 rings (SSSR count). The van der Waals surface area contributed by atoms with Gasteiger partial charge in [0.1, 0.15) is 5.54 Å². The molecule has 0 radical (unpaired) electrons. The summed E-state index contributed by atoms with van der Waals surface area (Å²) in [6, 6.07) is 0. The third-order valence-corrected chi connectivity index (χ3v) is 4.98. The van der Waals surface area contributed by atoms with Crippen LogP contribution in [0.2, 0.25) is 0 Å². The number of nitrogens with one attached hydrogen (secondary N) is 1. The lowest BCUT2D eigenvalue weighted by atomic mass is 9.74. The zero-order chi connectivity index (χ0) is 13.8. The number of carbonyl (C=O) groups is 1. The normalized spacial score (nSPS) is 23.6. The Hall–Kier alpha value is -0.610. The van der Waals surface area contributed by atoms with Crippen LogP contribution in [0.3, 0.4) is 0 Å². The molecule has 0 aromatic carbocycles. The van der Waals surface area contributed by atoms with Gasteiger partial charge in [0.2, 0.25) is 0 Å². The van der Waals surface area contributed by atoms with Crippen LogP contribution < -0.4 is 5.32 Å². The molecule has 0 spiro atoms. The average Bonchev–Trinajstić information content (AvgIpc) is 2.39. The Kier molecular flexibility index (Phi) is 5.17. The smallest absolute Gasteiger partial charge is 0.324 e. The molecule has 1 aliphatic rings. The summed E-state index contributed by atoms with van der Waals surface area (Å²) in [6.07, 6.45) is 4.86. The highest BCUT2D eigenvalue weighted by Gasteiger charge is 2.37. The van der Waals surface area contributed by atoms with Crippen LogP contribution >= 0.6 is 0 Å². The van der Waals surface area contributed by atoms with E-state index < -0.39 is 11.5 Å². The summed E-state index contributed by atoms with van der Waals surface area (Å²) >= 11 is 0. The number of likely N-dealkylation sites (tertiary alicyclic amines) is 1. The molecule has 18 heavy (non-hydrogen) atoms. The maximum atomic E-state index is 11.3. The number of likely N-dealkylation sites (N-methyl/N-ethyl adjacent to an activating group) is 1. The van der Waals surface area contributed by atoms with E-state index in [9.17, 15) is 9.90 Å². The molecule has 0 aromatic rings. The van der Waals surface area contributed by atoms with Crippen LogP contribution in [0, 0.1) is 5.41 Å². The Balaban J connectivity index is 2.56. The van der Waals surface area contributed by atoms with Crippen molar-refractivity contribution in [1.82, 2.24) is 10.2 Å². The van der Waals surface area contributed by atoms with Crippen molar-refractivity contribution >= 4 is 5.97 Å². The SMILES string of the molecule is CCC1(CC)CCN(CC(C)(NC)C(=O)O)CC1. The molecule has 0 bridgehead atoms. The van der Waals surface area contributed by atoms with Gasteiger partial charge in [-0.05, 0) is 45.3 Å². The van der Waals surface area contributed by atoms with Crippen LogP contribution in [0.5, 0.6) is 0 Å². The van der Waals surface area contributed by atoms with Crippen molar-refractivity contribution in [3.05, 3.63) is 0 Å². The van der Waals surface area contributed by atoms with Crippen molar-refractivity contribution < 1.29 is 9.90 Å². The van der Waals surface area contributed by atoms with E-state index in [0.29, 0.717) is 12.0 Å². The van der Waals surface area contributed by atoms with Gasteiger partial charge in [-0.3, -0.25) is 4.79 Å². The molecular weight excluding hydrogens is 228 g/mol. The summed E-state index contributed by atoms with van der Waals surface area (Å²) in [7, 11) is 1.72. The first kappa shape index (κ1) is 15.4. The minimum absolute atomic E-state index is 0.496. The molecule has 0 amide bonds. The number of piperidine rings is 1. The van der Waals surface area contributed by atoms with E-state index in [1.165, 1.54) is 25.7 Å². The lowest BCUT2D eigenvalue weighted by Crippen LogP contribution is -2.57. The van der Waals surface area contributed by atoms with Gasteiger partial charge < -0.3 is 15.3 Å². The topological polar surface area (TPSA) is 52.6 Å². The monoisotopic (exact) mass is 256 g/mol. The predicted molar refractivity (Wildman–Crippen MR) is 73.8 cm³/mol. The molecule has 4 nitrogen and oxygen atoms in total. The summed E-state index contributed by atoms with van der Waals surface area (Å²) in [6.45, 7) is 8.93. The summed E-state index contributed by atoms with van der Waals surface area (Å²) in [5, 5.41) is 12.2. The fourth-order valence-electron chi connectivity index (χ4n) is 2.84. The van der Waals surface area contributed by atoms with Crippen LogP contribution in [-0.2, 0) is 4.79 Å². The maximum Gasteiger partial charge on any atom is 0.324 e. The van der Waals surface area contributed by atoms with Crippen LogP contribution in [0.1, 0.15) is 46.5 Å². The van der Waals surface area contributed by atoms with Gasteiger partial charge in [0, 0.05) is 6.54 Å². The number of nitrogens with zero attached hydrogens (tertiary/aromatic N) is 1. The van der Waals surface area contributed by atoms with E-state index in [0.717, 1.165) is 13.1 Å². The highest BCUT2D eigenvalue weighted by molar-refractivity contribution is 5.78. The fraction of sp³-hybridized carbons (Fsp3) is 0.929. The standard InChI is InChI=1S/C14H28N2O2/c1-5-14(6-2)7-9-16(10-8-14)11-13(3,15-4)12(17)18/h15H,5-11H2,1-4H3,(H,17,18). The predicted octanol–water partition coefficient (Wildman–Crippen LogP) is 1.95.